The number of carbonyl (C=O) groups is 2. The summed E-state index contributed by atoms with van der Waals surface area (Å²) < 4.78 is 7.55. The van der Waals surface area contributed by atoms with Crippen molar-refractivity contribution < 1.29 is 14.3 Å². The summed E-state index contributed by atoms with van der Waals surface area (Å²) in [5, 5.41) is 7.97. The van der Waals surface area contributed by atoms with E-state index in [-0.39, 0.29) is 24.2 Å². The zero-order chi connectivity index (χ0) is 16.4. The number of carbonyl (C=O) groups excluding carboxylic acids is 2. The molecule has 2 fully saturated rings. The molecule has 0 bridgehead atoms. The number of ether oxygens (including phenoxy) is 1. The normalized spacial score (nSPS) is 23.0. The highest BCUT2D eigenvalue weighted by Gasteiger charge is 2.53. The molecule has 1 aromatic rings. The fourth-order valence-electron chi connectivity index (χ4n) is 3.83. The lowest BCUT2D eigenvalue weighted by Crippen LogP contribution is -2.46. The monoisotopic (exact) mass is 320 g/mol. The van der Waals surface area contributed by atoms with Gasteiger partial charge in [-0.1, -0.05) is 6.42 Å². The van der Waals surface area contributed by atoms with Gasteiger partial charge in [0.2, 0.25) is 5.91 Å². The molecule has 23 heavy (non-hydrogen) atoms. The quantitative estimate of drug-likeness (QED) is 0.786. The predicted molar refractivity (Wildman–Crippen MR) is 82.2 cm³/mol. The standard InChI is InChI=1S/C16H24N4O3/c1-3-20-11-17-18-13(20)10-19(2)15(22)12-9-14(21)23-16(12)7-5-4-6-8-16/h11-12H,3-10H2,1-2H3/t12-/m0/s1. The van der Waals surface area contributed by atoms with Crippen LogP contribution in [0.25, 0.3) is 0 Å². The van der Waals surface area contributed by atoms with Gasteiger partial charge in [-0.15, -0.1) is 10.2 Å². The van der Waals surface area contributed by atoms with Crippen molar-refractivity contribution in [2.24, 2.45) is 5.92 Å². The van der Waals surface area contributed by atoms with Crippen LogP contribution in [0.2, 0.25) is 0 Å². The molecule has 1 spiro atoms. The molecule has 1 saturated carbocycles. The molecule has 2 aliphatic rings. The summed E-state index contributed by atoms with van der Waals surface area (Å²) >= 11 is 0. The van der Waals surface area contributed by atoms with E-state index in [1.54, 1.807) is 18.3 Å². The Kier molecular flexibility index (Phi) is 4.37. The molecule has 1 aliphatic carbocycles. The van der Waals surface area contributed by atoms with Gasteiger partial charge in [0, 0.05) is 13.6 Å². The summed E-state index contributed by atoms with van der Waals surface area (Å²) in [5.41, 5.74) is -0.570. The van der Waals surface area contributed by atoms with Crippen LogP contribution >= 0.6 is 0 Å². The highest BCUT2D eigenvalue weighted by Crippen LogP contribution is 2.44. The van der Waals surface area contributed by atoms with E-state index < -0.39 is 5.60 Å². The zero-order valence-corrected chi connectivity index (χ0v) is 13.8. The average molecular weight is 320 g/mol. The molecule has 7 heteroatoms. The Balaban J connectivity index is 1.74. The minimum Gasteiger partial charge on any atom is -0.458 e. The van der Waals surface area contributed by atoms with Gasteiger partial charge < -0.3 is 14.2 Å². The van der Waals surface area contributed by atoms with Gasteiger partial charge in [0.25, 0.3) is 0 Å². The Bertz CT molecular complexity index is 592. The first-order chi connectivity index (χ1) is 11.1. The molecular formula is C16H24N4O3. The van der Waals surface area contributed by atoms with E-state index in [2.05, 4.69) is 10.2 Å². The molecule has 0 unspecified atom stereocenters. The van der Waals surface area contributed by atoms with E-state index in [0.717, 1.165) is 44.5 Å². The Morgan fingerprint density at radius 1 is 1.43 bits per heavy atom. The van der Waals surface area contributed by atoms with Crippen LogP contribution in [0.4, 0.5) is 0 Å². The second-order valence-electron chi connectivity index (χ2n) is 6.58. The van der Waals surface area contributed by atoms with Crippen LogP contribution < -0.4 is 0 Å². The minimum absolute atomic E-state index is 0.0246. The molecule has 2 heterocycles. The largest absolute Gasteiger partial charge is 0.458 e. The Morgan fingerprint density at radius 3 is 2.87 bits per heavy atom. The summed E-state index contributed by atoms with van der Waals surface area (Å²) in [5.74, 6) is 0.128. The van der Waals surface area contributed by atoms with E-state index >= 15 is 0 Å². The molecule has 0 aromatic carbocycles. The average Bonchev–Trinajstić information content (AvgIpc) is 3.11. The van der Waals surface area contributed by atoms with Crippen molar-refractivity contribution in [2.45, 2.75) is 64.1 Å². The number of hydrogen-bond donors (Lipinski definition) is 0. The second kappa shape index (κ2) is 6.29. The number of aryl methyl sites for hydroxylation is 1. The highest BCUT2D eigenvalue weighted by molar-refractivity contribution is 5.87. The third-order valence-electron chi connectivity index (χ3n) is 5.11. The summed E-state index contributed by atoms with van der Waals surface area (Å²) in [6, 6.07) is 0. The SMILES string of the molecule is CCn1cnnc1CN(C)C(=O)[C@@H]1CC(=O)OC12CCCCC2. The van der Waals surface area contributed by atoms with Gasteiger partial charge in [-0.25, -0.2) is 0 Å². The first-order valence-electron chi connectivity index (χ1n) is 8.39. The number of aromatic nitrogens is 3. The lowest BCUT2D eigenvalue weighted by molar-refractivity contribution is -0.155. The second-order valence-corrected chi connectivity index (χ2v) is 6.58. The number of amides is 1. The van der Waals surface area contributed by atoms with Crippen molar-refractivity contribution in [3.8, 4) is 0 Å². The van der Waals surface area contributed by atoms with Crippen molar-refractivity contribution >= 4 is 11.9 Å². The molecule has 126 valence electrons. The van der Waals surface area contributed by atoms with E-state index in [0.29, 0.717) is 6.54 Å². The summed E-state index contributed by atoms with van der Waals surface area (Å²) in [6.07, 6.45) is 6.65. The Labute approximate surface area is 136 Å². The van der Waals surface area contributed by atoms with E-state index in [1.165, 1.54) is 0 Å². The van der Waals surface area contributed by atoms with Gasteiger partial charge in [0.05, 0.1) is 18.9 Å². The number of rotatable bonds is 4. The van der Waals surface area contributed by atoms with Crippen molar-refractivity contribution in [2.75, 3.05) is 7.05 Å². The maximum Gasteiger partial charge on any atom is 0.307 e. The number of nitrogens with zero attached hydrogens (tertiary/aromatic N) is 4. The van der Waals surface area contributed by atoms with Gasteiger partial charge in [-0.3, -0.25) is 9.59 Å². The van der Waals surface area contributed by atoms with E-state index in [9.17, 15) is 9.59 Å². The summed E-state index contributed by atoms with van der Waals surface area (Å²) in [6.45, 7) is 3.17. The maximum atomic E-state index is 12.9. The summed E-state index contributed by atoms with van der Waals surface area (Å²) in [7, 11) is 1.76. The molecule has 1 aliphatic heterocycles. The maximum absolute atomic E-state index is 12.9. The molecule has 0 radical (unpaired) electrons. The molecular weight excluding hydrogens is 296 g/mol. The number of hydrogen-bond acceptors (Lipinski definition) is 5. The van der Waals surface area contributed by atoms with Crippen LogP contribution in [0, 0.1) is 5.92 Å². The zero-order valence-electron chi connectivity index (χ0n) is 13.8. The third kappa shape index (κ3) is 2.96. The lowest BCUT2D eigenvalue weighted by Gasteiger charge is -2.37. The predicted octanol–water partition coefficient (Wildman–Crippen LogP) is 1.52. The van der Waals surface area contributed by atoms with Crippen LogP contribution in [-0.4, -0.2) is 44.2 Å². The number of esters is 1. The van der Waals surface area contributed by atoms with Crippen LogP contribution in [0.1, 0.15) is 51.3 Å². The van der Waals surface area contributed by atoms with Gasteiger partial charge in [-0.2, -0.15) is 0 Å². The van der Waals surface area contributed by atoms with Crippen LogP contribution in [-0.2, 0) is 27.4 Å². The summed E-state index contributed by atoms with van der Waals surface area (Å²) in [4.78, 5) is 26.4. The van der Waals surface area contributed by atoms with Crippen LogP contribution in [0.15, 0.2) is 6.33 Å². The molecule has 7 nitrogen and oxygen atoms in total. The van der Waals surface area contributed by atoms with Crippen LogP contribution in [0.5, 0.6) is 0 Å². The fourth-order valence-corrected chi connectivity index (χ4v) is 3.83. The highest BCUT2D eigenvalue weighted by atomic mass is 16.6. The van der Waals surface area contributed by atoms with Crippen molar-refractivity contribution in [3.05, 3.63) is 12.2 Å². The minimum atomic E-state index is -0.570. The third-order valence-corrected chi connectivity index (χ3v) is 5.11. The molecule has 1 saturated heterocycles. The first kappa shape index (κ1) is 16.0. The lowest BCUT2D eigenvalue weighted by atomic mass is 9.75. The Morgan fingerprint density at radius 2 is 2.17 bits per heavy atom. The van der Waals surface area contributed by atoms with Gasteiger partial charge in [-0.05, 0) is 32.6 Å². The van der Waals surface area contributed by atoms with E-state index in [4.69, 9.17) is 4.74 Å². The smallest absolute Gasteiger partial charge is 0.307 e. The molecule has 0 N–H and O–H groups in total. The molecule has 1 atom stereocenters. The topological polar surface area (TPSA) is 77.3 Å². The Hall–Kier alpha value is -1.92. The van der Waals surface area contributed by atoms with Gasteiger partial charge in [0.1, 0.15) is 11.9 Å². The van der Waals surface area contributed by atoms with Crippen molar-refractivity contribution in [1.29, 1.82) is 0 Å². The van der Waals surface area contributed by atoms with Crippen LogP contribution in [0.3, 0.4) is 0 Å². The fraction of sp³-hybridized carbons (Fsp3) is 0.750. The van der Waals surface area contributed by atoms with Crippen molar-refractivity contribution in [1.82, 2.24) is 19.7 Å². The van der Waals surface area contributed by atoms with Gasteiger partial charge in [0.15, 0.2) is 5.82 Å². The van der Waals surface area contributed by atoms with E-state index in [1.807, 2.05) is 11.5 Å². The molecule has 1 amide bonds. The van der Waals surface area contributed by atoms with Crippen molar-refractivity contribution in [3.63, 3.8) is 0 Å². The molecule has 1 aromatic heterocycles. The molecule has 3 rings (SSSR count). The first-order valence-corrected chi connectivity index (χ1v) is 8.39. The van der Waals surface area contributed by atoms with Gasteiger partial charge >= 0.3 is 5.97 Å².